The van der Waals surface area contributed by atoms with E-state index >= 15 is 0 Å². The van der Waals surface area contributed by atoms with Crippen molar-refractivity contribution in [2.75, 3.05) is 6.61 Å². The zero-order valence-corrected chi connectivity index (χ0v) is 30.9. The van der Waals surface area contributed by atoms with Gasteiger partial charge in [-0.05, 0) is 12.8 Å². The standard InChI is InChI=1S/C41H83NO3/c1-3-5-7-9-11-13-15-17-19-20-21-22-23-25-27-29-31-33-35-37-41(45)42-39(38-43)40(44)36-34-32-30-28-26-24-18-16-14-12-10-8-6-4-2/h39-40,43-44H,3-38H2,1-2H3,(H,42,45)/t39-,40+/m0/s1. The second-order valence-corrected chi connectivity index (χ2v) is 14.4. The lowest BCUT2D eigenvalue weighted by Gasteiger charge is -2.22. The summed E-state index contributed by atoms with van der Waals surface area (Å²) in [6, 6.07) is -0.528. The summed E-state index contributed by atoms with van der Waals surface area (Å²) in [5, 5.41) is 23.1. The summed E-state index contributed by atoms with van der Waals surface area (Å²) in [5.74, 6) is -0.0268. The molecule has 0 saturated carbocycles. The number of amides is 1. The van der Waals surface area contributed by atoms with Gasteiger partial charge in [0.05, 0.1) is 18.8 Å². The van der Waals surface area contributed by atoms with Crippen molar-refractivity contribution in [1.29, 1.82) is 0 Å². The predicted octanol–water partition coefficient (Wildman–Crippen LogP) is 12.5. The van der Waals surface area contributed by atoms with Crippen LogP contribution in [-0.2, 0) is 4.79 Å². The van der Waals surface area contributed by atoms with Crippen molar-refractivity contribution in [2.24, 2.45) is 0 Å². The summed E-state index contributed by atoms with van der Waals surface area (Å²) >= 11 is 0. The molecule has 0 rings (SSSR count). The van der Waals surface area contributed by atoms with Gasteiger partial charge in [-0.2, -0.15) is 0 Å². The summed E-state index contributed by atoms with van der Waals surface area (Å²) in [4.78, 5) is 12.4. The fraction of sp³-hybridized carbons (Fsp3) is 0.976. The molecule has 45 heavy (non-hydrogen) atoms. The highest BCUT2D eigenvalue weighted by Crippen LogP contribution is 2.16. The van der Waals surface area contributed by atoms with Crippen molar-refractivity contribution in [3.8, 4) is 0 Å². The van der Waals surface area contributed by atoms with Gasteiger partial charge in [-0.25, -0.2) is 0 Å². The summed E-state index contributed by atoms with van der Waals surface area (Å²) in [6.45, 7) is 4.37. The van der Waals surface area contributed by atoms with E-state index in [4.69, 9.17) is 0 Å². The average Bonchev–Trinajstić information content (AvgIpc) is 3.04. The van der Waals surface area contributed by atoms with Crippen LogP contribution in [0, 0.1) is 0 Å². The second-order valence-electron chi connectivity index (χ2n) is 14.4. The van der Waals surface area contributed by atoms with E-state index in [1.807, 2.05) is 0 Å². The molecule has 0 aliphatic carbocycles. The molecule has 0 aromatic carbocycles. The number of carbonyl (C=O) groups excluding carboxylic acids is 1. The third-order valence-corrected chi connectivity index (χ3v) is 9.87. The van der Waals surface area contributed by atoms with Gasteiger partial charge in [0.1, 0.15) is 0 Å². The molecule has 0 aromatic rings. The Balaban J connectivity index is 3.47. The molecular formula is C41H83NO3. The van der Waals surface area contributed by atoms with Gasteiger partial charge in [0, 0.05) is 6.42 Å². The summed E-state index contributed by atoms with van der Waals surface area (Å²) < 4.78 is 0. The van der Waals surface area contributed by atoms with Crippen LogP contribution in [0.1, 0.15) is 239 Å². The maximum absolute atomic E-state index is 12.4. The van der Waals surface area contributed by atoms with E-state index in [0.29, 0.717) is 12.8 Å². The Hall–Kier alpha value is -0.610. The molecule has 0 saturated heterocycles. The highest BCUT2D eigenvalue weighted by Gasteiger charge is 2.20. The first-order valence-corrected chi connectivity index (χ1v) is 20.7. The minimum atomic E-state index is -0.651. The SMILES string of the molecule is CCCCCCCCCCCCCCCCCCCCCC(=O)N[C@@H](CO)[C@H](O)CCCCCCCCCCCCCCCC. The molecule has 0 aliphatic rings. The van der Waals surface area contributed by atoms with Gasteiger partial charge in [-0.15, -0.1) is 0 Å². The lowest BCUT2D eigenvalue weighted by atomic mass is 10.0. The van der Waals surface area contributed by atoms with Crippen molar-refractivity contribution in [3.05, 3.63) is 0 Å². The average molecular weight is 638 g/mol. The van der Waals surface area contributed by atoms with Crippen LogP contribution in [0.3, 0.4) is 0 Å². The van der Waals surface area contributed by atoms with Gasteiger partial charge in [0.25, 0.3) is 0 Å². The van der Waals surface area contributed by atoms with E-state index in [2.05, 4.69) is 19.2 Å². The lowest BCUT2D eigenvalue weighted by Crippen LogP contribution is -2.45. The minimum absolute atomic E-state index is 0.0268. The minimum Gasteiger partial charge on any atom is -0.394 e. The molecule has 3 N–H and O–H groups in total. The fourth-order valence-electron chi connectivity index (χ4n) is 6.66. The summed E-state index contributed by atoms with van der Waals surface area (Å²) in [7, 11) is 0. The number of hydrogen-bond acceptors (Lipinski definition) is 3. The first kappa shape index (κ1) is 44.4. The number of aliphatic hydroxyl groups excluding tert-OH is 2. The van der Waals surface area contributed by atoms with E-state index in [-0.39, 0.29) is 12.5 Å². The van der Waals surface area contributed by atoms with E-state index in [1.165, 1.54) is 186 Å². The molecule has 0 heterocycles. The Bertz CT molecular complexity index is 569. The van der Waals surface area contributed by atoms with E-state index in [1.54, 1.807) is 0 Å². The van der Waals surface area contributed by atoms with Crippen molar-refractivity contribution < 1.29 is 15.0 Å². The van der Waals surface area contributed by atoms with Crippen LogP contribution in [0.2, 0.25) is 0 Å². The van der Waals surface area contributed by atoms with E-state index in [9.17, 15) is 15.0 Å². The van der Waals surface area contributed by atoms with Crippen LogP contribution >= 0.6 is 0 Å². The van der Waals surface area contributed by atoms with Crippen molar-refractivity contribution in [1.82, 2.24) is 5.32 Å². The molecular weight excluding hydrogens is 554 g/mol. The maximum atomic E-state index is 12.4. The molecule has 4 nitrogen and oxygen atoms in total. The van der Waals surface area contributed by atoms with Crippen molar-refractivity contribution in [2.45, 2.75) is 251 Å². The van der Waals surface area contributed by atoms with E-state index in [0.717, 1.165) is 25.7 Å². The number of rotatable bonds is 38. The first-order chi connectivity index (χ1) is 22.2. The molecule has 2 atom stereocenters. The number of nitrogens with one attached hydrogen (secondary N) is 1. The van der Waals surface area contributed by atoms with E-state index < -0.39 is 12.1 Å². The smallest absolute Gasteiger partial charge is 0.220 e. The third kappa shape index (κ3) is 34.5. The van der Waals surface area contributed by atoms with Crippen LogP contribution < -0.4 is 5.32 Å². The summed E-state index contributed by atoms with van der Waals surface area (Å²) in [5.41, 5.74) is 0. The topological polar surface area (TPSA) is 69.6 Å². The Morgan fingerprint density at radius 2 is 0.711 bits per heavy atom. The van der Waals surface area contributed by atoms with Crippen LogP contribution in [0.15, 0.2) is 0 Å². The largest absolute Gasteiger partial charge is 0.394 e. The quantitative estimate of drug-likeness (QED) is 0.0590. The Labute approximate surface area is 283 Å². The van der Waals surface area contributed by atoms with Gasteiger partial charge < -0.3 is 15.5 Å². The number of hydrogen-bond donors (Lipinski definition) is 3. The van der Waals surface area contributed by atoms with Crippen molar-refractivity contribution in [3.63, 3.8) is 0 Å². The molecule has 0 unspecified atom stereocenters. The predicted molar refractivity (Wildman–Crippen MR) is 198 cm³/mol. The van der Waals surface area contributed by atoms with Gasteiger partial charge >= 0.3 is 0 Å². The second kappa shape index (κ2) is 37.8. The molecule has 0 radical (unpaired) electrons. The molecule has 0 bridgehead atoms. The maximum Gasteiger partial charge on any atom is 0.220 e. The molecule has 270 valence electrons. The Kier molecular flexibility index (Phi) is 37.3. The number of carbonyl (C=O) groups is 1. The van der Waals surface area contributed by atoms with Crippen LogP contribution in [0.25, 0.3) is 0 Å². The highest BCUT2D eigenvalue weighted by molar-refractivity contribution is 5.76. The van der Waals surface area contributed by atoms with Crippen LogP contribution in [0.4, 0.5) is 0 Å². The zero-order valence-electron chi connectivity index (χ0n) is 30.9. The zero-order chi connectivity index (χ0) is 32.9. The highest BCUT2D eigenvalue weighted by atomic mass is 16.3. The van der Waals surface area contributed by atoms with Gasteiger partial charge in [-0.3, -0.25) is 4.79 Å². The van der Waals surface area contributed by atoms with Crippen LogP contribution in [0.5, 0.6) is 0 Å². The van der Waals surface area contributed by atoms with Crippen LogP contribution in [-0.4, -0.2) is 34.9 Å². The fourth-order valence-corrected chi connectivity index (χ4v) is 6.66. The first-order valence-electron chi connectivity index (χ1n) is 20.7. The number of unbranched alkanes of at least 4 members (excludes halogenated alkanes) is 31. The van der Waals surface area contributed by atoms with Gasteiger partial charge in [0.15, 0.2) is 0 Å². The Morgan fingerprint density at radius 1 is 0.444 bits per heavy atom. The lowest BCUT2D eigenvalue weighted by molar-refractivity contribution is -0.123. The molecule has 0 spiro atoms. The Morgan fingerprint density at radius 3 is 1.00 bits per heavy atom. The normalized spacial score (nSPS) is 12.9. The number of aliphatic hydroxyl groups is 2. The molecule has 0 fully saturated rings. The summed E-state index contributed by atoms with van der Waals surface area (Å²) in [6.07, 6.45) is 44.5. The van der Waals surface area contributed by atoms with Crippen molar-refractivity contribution >= 4 is 5.91 Å². The van der Waals surface area contributed by atoms with Gasteiger partial charge in [-0.1, -0.05) is 219 Å². The molecule has 4 heteroatoms. The third-order valence-electron chi connectivity index (χ3n) is 9.87. The van der Waals surface area contributed by atoms with Gasteiger partial charge in [0.2, 0.25) is 5.91 Å². The molecule has 1 amide bonds. The molecule has 0 aromatic heterocycles. The molecule has 0 aliphatic heterocycles. The monoisotopic (exact) mass is 638 g/mol.